The maximum absolute atomic E-state index is 14.2. The molecule has 0 aliphatic carbocycles. The molecule has 4 aromatic carbocycles. The van der Waals surface area contributed by atoms with Gasteiger partial charge in [-0.15, -0.1) is 0 Å². The van der Waals surface area contributed by atoms with Crippen LogP contribution in [0.2, 0.25) is 0 Å². The molecule has 0 aliphatic heterocycles. The first-order valence-corrected chi connectivity index (χ1v) is 12.7. The molecule has 0 aliphatic rings. The number of hydrogen-bond donors (Lipinski definition) is 0. The van der Waals surface area contributed by atoms with E-state index in [0.717, 1.165) is 10.8 Å². The summed E-state index contributed by atoms with van der Waals surface area (Å²) in [5, 5.41) is 12.2. The molecule has 0 fully saturated rings. The maximum atomic E-state index is 14.2. The van der Waals surface area contributed by atoms with E-state index in [1.807, 2.05) is 0 Å². The van der Waals surface area contributed by atoms with Gasteiger partial charge in [0.25, 0.3) is 0 Å². The topological polar surface area (TPSA) is 84.4 Å². The number of nitrogens with zero attached hydrogens (tertiary/aromatic N) is 2. The van der Waals surface area contributed by atoms with Crippen LogP contribution in [0.4, 0.5) is 22.0 Å². The van der Waals surface area contributed by atoms with Gasteiger partial charge in [0, 0.05) is 23.2 Å². The number of aliphatic carboxylic acids is 1. The fourth-order valence-electron chi connectivity index (χ4n) is 4.17. The van der Waals surface area contributed by atoms with Crippen LogP contribution in [0.15, 0.2) is 72.8 Å². The predicted molar refractivity (Wildman–Crippen MR) is 141 cm³/mol. The molecule has 5 aromatic rings. The minimum absolute atomic E-state index is 0. The van der Waals surface area contributed by atoms with Crippen LogP contribution in [0.3, 0.4) is 0 Å². The third-order valence-corrected chi connectivity index (χ3v) is 6.30. The van der Waals surface area contributed by atoms with Crippen molar-refractivity contribution in [2.24, 2.45) is 0 Å². The summed E-state index contributed by atoms with van der Waals surface area (Å²) in [6.45, 7) is -0.759. The van der Waals surface area contributed by atoms with Gasteiger partial charge in [-0.1, -0.05) is 48.5 Å². The summed E-state index contributed by atoms with van der Waals surface area (Å²) in [5.41, 5.74) is 0.497. The van der Waals surface area contributed by atoms with Crippen LogP contribution in [0.25, 0.3) is 33.4 Å². The van der Waals surface area contributed by atoms with Crippen LogP contribution in [0.1, 0.15) is 18.4 Å². The largest absolute Gasteiger partial charge is 1.00 e. The molecule has 0 N–H and O–H groups in total. The number of carbonyl (C=O) groups is 1. The molecule has 0 radical (unpaired) electrons. The fraction of sp³-hybridized carbons (Fsp3) is 0.129. The SMILES string of the molecule is O=C([O-])CCCOc1ccc2cc(-c3nc(OCc4c(F)c(F)c(F)c(F)c4F)cc(-c4ccccc4)n3)ccc2c1.[Na+]. The van der Waals surface area contributed by atoms with E-state index in [2.05, 4.69) is 9.97 Å². The molecule has 0 atom stereocenters. The zero-order valence-electron chi connectivity index (χ0n) is 22.7. The van der Waals surface area contributed by atoms with Gasteiger partial charge in [0.2, 0.25) is 11.7 Å². The Bertz CT molecular complexity index is 1760. The first-order valence-electron chi connectivity index (χ1n) is 12.7. The molecule has 1 aromatic heterocycles. The van der Waals surface area contributed by atoms with Crippen molar-refractivity contribution in [2.75, 3.05) is 6.61 Å². The fourth-order valence-corrected chi connectivity index (χ4v) is 4.17. The van der Waals surface area contributed by atoms with Crippen LogP contribution in [-0.4, -0.2) is 22.5 Å². The molecular formula is C31H20F5N2NaO4. The summed E-state index contributed by atoms with van der Waals surface area (Å²) < 4.78 is 80.3. The number of rotatable bonds is 10. The molecule has 0 spiro atoms. The number of ether oxygens (including phenoxy) is 2. The maximum Gasteiger partial charge on any atom is 1.00 e. The standard InChI is InChI=1S/C31H21F5N2O4.Na/c32-26-22(27(33)29(35)30(36)28(26)34)16-42-24-15-23(17-5-2-1-3-6-17)37-31(38-24)20-9-8-19-14-21(11-10-18(19)13-20)41-12-4-7-25(39)40;/h1-3,5-6,8-11,13-15H,4,7,12,16H2,(H,39,40);/q;+1/p-1. The summed E-state index contributed by atoms with van der Waals surface area (Å²) >= 11 is 0. The molecule has 5 rings (SSSR count). The van der Waals surface area contributed by atoms with Crippen molar-refractivity contribution in [3.63, 3.8) is 0 Å². The third kappa shape index (κ3) is 7.30. The molecule has 43 heavy (non-hydrogen) atoms. The second-order valence-electron chi connectivity index (χ2n) is 9.17. The van der Waals surface area contributed by atoms with Gasteiger partial charge in [-0.3, -0.25) is 0 Å². The van der Waals surface area contributed by atoms with Crippen molar-refractivity contribution in [3.8, 4) is 34.3 Å². The molecule has 0 saturated carbocycles. The number of carbonyl (C=O) groups excluding carboxylic acids is 1. The van der Waals surface area contributed by atoms with Crippen LogP contribution < -0.4 is 44.1 Å². The zero-order chi connectivity index (χ0) is 29.8. The normalized spacial score (nSPS) is 10.8. The number of carboxylic acids is 1. The monoisotopic (exact) mass is 602 g/mol. The summed E-state index contributed by atoms with van der Waals surface area (Å²) in [5.74, 6) is -10.9. The van der Waals surface area contributed by atoms with Gasteiger partial charge in [0.15, 0.2) is 29.1 Å². The molecule has 214 valence electrons. The molecule has 0 unspecified atom stereocenters. The number of benzene rings is 4. The Morgan fingerprint density at radius 1 is 0.721 bits per heavy atom. The second-order valence-corrected chi connectivity index (χ2v) is 9.17. The van der Waals surface area contributed by atoms with E-state index in [9.17, 15) is 31.9 Å². The number of halogens is 5. The molecule has 6 nitrogen and oxygen atoms in total. The Morgan fingerprint density at radius 2 is 1.37 bits per heavy atom. The Morgan fingerprint density at radius 3 is 2.07 bits per heavy atom. The van der Waals surface area contributed by atoms with Gasteiger partial charge in [-0.25, -0.2) is 26.9 Å². The third-order valence-electron chi connectivity index (χ3n) is 6.30. The van der Waals surface area contributed by atoms with Gasteiger partial charge < -0.3 is 19.4 Å². The summed E-state index contributed by atoms with van der Waals surface area (Å²) in [7, 11) is 0. The van der Waals surface area contributed by atoms with Gasteiger partial charge in [-0.2, -0.15) is 4.98 Å². The van der Waals surface area contributed by atoms with E-state index in [1.165, 1.54) is 6.07 Å². The average Bonchev–Trinajstić information content (AvgIpc) is 3.01. The number of fused-ring (bicyclic) bond motifs is 1. The molecule has 0 amide bonds. The molecular weight excluding hydrogens is 582 g/mol. The van der Waals surface area contributed by atoms with Crippen molar-refractivity contribution in [3.05, 3.63) is 107 Å². The number of carboxylic acid groups (broad SMARTS) is 1. The van der Waals surface area contributed by atoms with Crippen molar-refractivity contribution in [2.45, 2.75) is 19.4 Å². The molecule has 0 bridgehead atoms. The van der Waals surface area contributed by atoms with Crippen LogP contribution in [0, 0.1) is 29.1 Å². The summed E-state index contributed by atoms with van der Waals surface area (Å²) in [4.78, 5) is 19.5. The quantitative estimate of drug-likeness (QED) is 0.0804. The van der Waals surface area contributed by atoms with E-state index in [-0.39, 0.29) is 54.3 Å². The van der Waals surface area contributed by atoms with Crippen LogP contribution in [0.5, 0.6) is 11.6 Å². The van der Waals surface area contributed by atoms with Crippen LogP contribution >= 0.6 is 0 Å². The first kappa shape index (κ1) is 31.9. The Labute approximate surface area is 264 Å². The minimum atomic E-state index is -2.25. The van der Waals surface area contributed by atoms with E-state index in [0.29, 0.717) is 29.0 Å². The van der Waals surface area contributed by atoms with E-state index in [1.54, 1.807) is 66.7 Å². The van der Waals surface area contributed by atoms with E-state index < -0.39 is 47.2 Å². The minimum Gasteiger partial charge on any atom is -0.550 e. The van der Waals surface area contributed by atoms with Crippen molar-refractivity contribution in [1.82, 2.24) is 9.97 Å². The Hall–Kier alpha value is -4.06. The molecule has 1 heterocycles. The number of hydrogen-bond acceptors (Lipinski definition) is 6. The van der Waals surface area contributed by atoms with Gasteiger partial charge in [-0.05, 0) is 41.8 Å². The van der Waals surface area contributed by atoms with Crippen molar-refractivity contribution < 1.29 is 70.9 Å². The van der Waals surface area contributed by atoms with Crippen molar-refractivity contribution in [1.29, 1.82) is 0 Å². The molecule has 0 saturated heterocycles. The predicted octanol–water partition coefficient (Wildman–Crippen LogP) is 3.15. The Kier molecular flexibility index (Phi) is 10.3. The van der Waals surface area contributed by atoms with Gasteiger partial charge in [0.1, 0.15) is 12.4 Å². The summed E-state index contributed by atoms with van der Waals surface area (Å²) in [6, 6.07) is 21.0. The second kappa shape index (κ2) is 13.9. The smallest absolute Gasteiger partial charge is 0.550 e. The van der Waals surface area contributed by atoms with Crippen molar-refractivity contribution >= 4 is 16.7 Å². The first-order chi connectivity index (χ1) is 20.2. The average molecular weight is 602 g/mol. The molecule has 12 heteroatoms. The van der Waals surface area contributed by atoms with Gasteiger partial charge in [0.05, 0.1) is 17.9 Å². The van der Waals surface area contributed by atoms with E-state index >= 15 is 0 Å². The van der Waals surface area contributed by atoms with E-state index in [4.69, 9.17) is 9.47 Å². The summed E-state index contributed by atoms with van der Waals surface area (Å²) in [6.07, 6.45) is 0.204. The number of aromatic nitrogens is 2. The Balaban J connectivity index is 0.00000423. The van der Waals surface area contributed by atoms with Crippen LogP contribution in [-0.2, 0) is 11.4 Å². The zero-order valence-corrected chi connectivity index (χ0v) is 24.7. The van der Waals surface area contributed by atoms with Gasteiger partial charge >= 0.3 is 29.6 Å².